The van der Waals surface area contributed by atoms with Crippen LogP contribution in [0.1, 0.15) is 0 Å². The van der Waals surface area contributed by atoms with Crippen LogP contribution >= 0.6 is 22.7 Å². The van der Waals surface area contributed by atoms with Crippen molar-refractivity contribution in [3.8, 4) is 5.88 Å². The summed E-state index contributed by atoms with van der Waals surface area (Å²) in [6.07, 6.45) is 1.13. The minimum atomic E-state index is -0.485. The Morgan fingerprint density at radius 1 is 1.05 bits per heavy atom. The van der Waals surface area contributed by atoms with Crippen LogP contribution < -0.4 is 9.64 Å². The van der Waals surface area contributed by atoms with Gasteiger partial charge in [-0.05, 0) is 41.1 Å². The molecule has 0 aliphatic carbocycles. The summed E-state index contributed by atoms with van der Waals surface area (Å²) in [7, 11) is 0. The highest BCUT2D eigenvalue weighted by Gasteiger charge is 2.21. The summed E-state index contributed by atoms with van der Waals surface area (Å²) in [6, 6.07) is 12.8. The molecule has 0 fully saturated rings. The lowest BCUT2D eigenvalue weighted by Gasteiger charge is -2.18. The number of carbonyl (C=O) groups excluding carboxylic acids is 1. The zero-order valence-corrected chi connectivity index (χ0v) is 13.0. The number of amides is 1. The maximum absolute atomic E-state index is 12.3. The van der Waals surface area contributed by atoms with E-state index in [-0.39, 0.29) is 6.79 Å². The smallest absolute Gasteiger partial charge is 0.423 e. The van der Waals surface area contributed by atoms with Gasteiger partial charge < -0.3 is 9.47 Å². The largest absolute Gasteiger partial charge is 0.440 e. The monoisotopic (exact) mass is 332 g/mol. The van der Waals surface area contributed by atoms with Gasteiger partial charge in [0, 0.05) is 12.3 Å². The number of thiophene rings is 2. The number of aromatic nitrogens is 1. The molecule has 0 unspecified atom stereocenters. The lowest BCUT2D eigenvalue weighted by Crippen LogP contribution is -2.26. The number of carbonyl (C=O) groups is 1. The van der Waals surface area contributed by atoms with Crippen LogP contribution in [0.25, 0.3) is 0 Å². The molecule has 0 aliphatic heterocycles. The molecular weight excluding hydrogens is 320 g/mol. The SMILES string of the molecule is O=C(OCOc1ccccn1)N(c1cccs1)c1cccs1. The molecule has 0 saturated carbocycles. The fourth-order valence-corrected chi connectivity index (χ4v) is 3.24. The highest BCUT2D eigenvalue weighted by Crippen LogP contribution is 2.33. The second-order valence-electron chi connectivity index (χ2n) is 4.08. The van der Waals surface area contributed by atoms with E-state index < -0.39 is 6.09 Å². The first-order valence-electron chi connectivity index (χ1n) is 6.42. The predicted octanol–water partition coefficient (Wildman–Crippen LogP) is 4.52. The Kier molecular flexibility index (Phi) is 4.67. The Bertz CT molecular complexity index is 665. The highest BCUT2D eigenvalue weighted by molar-refractivity contribution is 7.16. The van der Waals surface area contributed by atoms with E-state index >= 15 is 0 Å². The molecule has 0 radical (unpaired) electrons. The van der Waals surface area contributed by atoms with Gasteiger partial charge in [-0.2, -0.15) is 0 Å². The number of nitrogens with zero attached hydrogens (tertiary/aromatic N) is 2. The molecule has 0 aliphatic rings. The normalized spacial score (nSPS) is 10.2. The van der Waals surface area contributed by atoms with Gasteiger partial charge in [-0.25, -0.2) is 14.7 Å². The molecule has 0 saturated heterocycles. The van der Waals surface area contributed by atoms with Crippen molar-refractivity contribution in [2.75, 3.05) is 11.7 Å². The maximum Gasteiger partial charge on any atom is 0.423 e. The van der Waals surface area contributed by atoms with Crippen LogP contribution in [-0.4, -0.2) is 17.9 Å². The molecule has 0 bridgehead atoms. The first-order chi connectivity index (χ1) is 10.8. The minimum absolute atomic E-state index is 0.191. The van der Waals surface area contributed by atoms with E-state index in [1.165, 1.54) is 27.6 Å². The maximum atomic E-state index is 12.3. The molecule has 0 N–H and O–H groups in total. The molecule has 5 nitrogen and oxygen atoms in total. The second kappa shape index (κ2) is 7.06. The van der Waals surface area contributed by atoms with Crippen LogP contribution in [-0.2, 0) is 4.74 Å². The molecule has 7 heteroatoms. The van der Waals surface area contributed by atoms with Gasteiger partial charge in [0.05, 0.1) is 0 Å². The summed E-state index contributed by atoms with van der Waals surface area (Å²) in [4.78, 5) is 17.9. The third-order valence-corrected chi connectivity index (χ3v) is 4.37. The third kappa shape index (κ3) is 3.44. The number of hydrogen-bond donors (Lipinski definition) is 0. The van der Waals surface area contributed by atoms with Crippen molar-refractivity contribution in [1.82, 2.24) is 4.98 Å². The van der Waals surface area contributed by atoms with Crippen LogP contribution in [0.5, 0.6) is 5.88 Å². The molecule has 0 atom stereocenters. The lowest BCUT2D eigenvalue weighted by molar-refractivity contribution is 0.0629. The molecule has 3 heterocycles. The van der Waals surface area contributed by atoms with E-state index in [4.69, 9.17) is 9.47 Å². The number of ether oxygens (including phenoxy) is 2. The fraction of sp³-hybridized carbons (Fsp3) is 0.0667. The lowest BCUT2D eigenvalue weighted by atomic mass is 10.5. The van der Waals surface area contributed by atoms with Gasteiger partial charge in [0.25, 0.3) is 0 Å². The molecule has 3 aromatic heterocycles. The van der Waals surface area contributed by atoms with Gasteiger partial charge in [-0.3, -0.25) is 0 Å². The molecule has 0 spiro atoms. The van der Waals surface area contributed by atoms with Crippen molar-refractivity contribution in [3.05, 3.63) is 59.4 Å². The van der Waals surface area contributed by atoms with Gasteiger partial charge in [0.2, 0.25) is 12.7 Å². The summed E-state index contributed by atoms with van der Waals surface area (Å²) >= 11 is 2.93. The van der Waals surface area contributed by atoms with Crippen molar-refractivity contribution in [1.29, 1.82) is 0 Å². The van der Waals surface area contributed by atoms with E-state index in [2.05, 4.69) is 4.98 Å². The Labute approximate surface area is 135 Å². The Morgan fingerprint density at radius 3 is 2.32 bits per heavy atom. The van der Waals surface area contributed by atoms with Crippen molar-refractivity contribution < 1.29 is 14.3 Å². The summed E-state index contributed by atoms with van der Waals surface area (Å²) in [5.41, 5.74) is 0. The van der Waals surface area contributed by atoms with Crippen molar-refractivity contribution in [2.45, 2.75) is 0 Å². The van der Waals surface area contributed by atoms with Crippen LogP contribution in [0.15, 0.2) is 59.4 Å². The Balaban J connectivity index is 1.66. The molecule has 3 rings (SSSR count). The summed E-state index contributed by atoms with van der Waals surface area (Å²) in [5.74, 6) is 0.411. The average Bonchev–Trinajstić information content (AvgIpc) is 3.23. The topological polar surface area (TPSA) is 51.7 Å². The highest BCUT2D eigenvalue weighted by atomic mass is 32.1. The number of anilines is 2. The van der Waals surface area contributed by atoms with Crippen LogP contribution in [0.3, 0.4) is 0 Å². The first-order valence-corrected chi connectivity index (χ1v) is 8.18. The second-order valence-corrected chi connectivity index (χ2v) is 5.93. The molecule has 3 aromatic rings. The summed E-state index contributed by atoms with van der Waals surface area (Å²) in [6.45, 7) is -0.191. The third-order valence-electron chi connectivity index (χ3n) is 2.66. The van der Waals surface area contributed by atoms with Gasteiger partial charge >= 0.3 is 6.09 Å². The van der Waals surface area contributed by atoms with E-state index in [1.807, 2.05) is 35.0 Å². The van der Waals surface area contributed by atoms with Gasteiger partial charge in [0.1, 0.15) is 10.0 Å². The van der Waals surface area contributed by atoms with E-state index in [0.29, 0.717) is 5.88 Å². The minimum Gasteiger partial charge on any atom is -0.440 e. The summed E-state index contributed by atoms with van der Waals surface area (Å²) < 4.78 is 10.5. The fourth-order valence-electron chi connectivity index (χ4n) is 1.72. The van der Waals surface area contributed by atoms with Crippen LogP contribution in [0.2, 0.25) is 0 Å². The zero-order valence-electron chi connectivity index (χ0n) is 11.4. The molecule has 22 heavy (non-hydrogen) atoms. The van der Waals surface area contributed by atoms with Gasteiger partial charge in [-0.1, -0.05) is 6.07 Å². The van der Waals surface area contributed by atoms with Gasteiger partial charge in [-0.15, -0.1) is 22.7 Å². The first kappa shape index (κ1) is 14.6. The van der Waals surface area contributed by atoms with Crippen LogP contribution in [0, 0.1) is 0 Å². The number of rotatable bonds is 5. The molecule has 112 valence electrons. The van der Waals surface area contributed by atoms with Crippen molar-refractivity contribution in [3.63, 3.8) is 0 Å². The van der Waals surface area contributed by atoms with Crippen molar-refractivity contribution in [2.24, 2.45) is 0 Å². The van der Waals surface area contributed by atoms with Crippen LogP contribution in [0.4, 0.5) is 14.8 Å². The quantitative estimate of drug-likeness (QED) is 0.645. The Morgan fingerprint density at radius 2 is 1.77 bits per heavy atom. The van der Waals surface area contributed by atoms with E-state index in [1.54, 1.807) is 24.4 Å². The van der Waals surface area contributed by atoms with E-state index in [0.717, 1.165) is 10.0 Å². The Hall–Kier alpha value is -2.38. The summed E-state index contributed by atoms with van der Waals surface area (Å²) in [5, 5.41) is 5.41. The molecule has 1 amide bonds. The van der Waals surface area contributed by atoms with E-state index in [9.17, 15) is 4.79 Å². The zero-order chi connectivity index (χ0) is 15.2. The standard InChI is InChI=1S/C15H12N2O3S2/c18-15(20-11-19-12-5-1-2-8-16-12)17(13-6-3-9-21-13)14-7-4-10-22-14/h1-10H,11H2. The number of hydrogen-bond acceptors (Lipinski definition) is 6. The average molecular weight is 332 g/mol. The van der Waals surface area contributed by atoms with Gasteiger partial charge in [0.15, 0.2) is 0 Å². The predicted molar refractivity (Wildman–Crippen MR) is 87.0 cm³/mol. The number of pyridine rings is 1. The molecule has 0 aromatic carbocycles. The van der Waals surface area contributed by atoms with Crippen molar-refractivity contribution >= 4 is 38.8 Å². The molecular formula is C15H12N2O3S2.